The minimum atomic E-state index is -0.461. The van der Waals surface area contributed by atoms with Crippen LogP contribution in [0, 0.1) is 5.92 Å². The molecule has 1 N–H and O–H groups in total. The Balaban J connectivity index is 2.33. The minimum absolute atomic E-state index is 0.0487. The molecule has 0 saturated heterocycles. The van der Waals surface area contributed by atoms with Crippen molar-refractivity contribution in [2.24, 2.45) is 5.92 Å². The number of nitrogens with zero attached hydrogens (tertiary/aromatic N) is 1. The van der Waals surface area contributed by atoms with Gasteiger partial charge in [-0.25, -0.2) is 4.98 Å². The van der Waals surface area contributed by atoms with Gasteiger partial charge in [0.05, 0.1) is 19.2 Å². The van der Waals surface area contributed by atoms with Gasteiger partial charge in [0, 0.05) is 11.8 Å². The van der Waals surface area contributed by atoms with Crippen molar-refractivity contribution in [3.05, 3.63) is 11.1 Å². The van der Waals surface area contributed by atoms with Crippen LogP contribution in [0.25, 0.3) is 0 Å². The zero-order chi connectivity index (χ0) is 16.5. The summed E-state index contributed by atoms with van der Waals surface area (Å²) in [6.45, 7) is 3.67. The molecule has 0 aliphatic carbocycles. The number of thiazole rings is 1. The Morgan fingerprint density at radius 2 is 2.05 bits per heavy atom. The van der Waals surface area contributed by atoms with Gasteiger partial charge in [0.2, 0.25) is 0 Å². The van der Waals surface area contributed by atoms with Crippen LogP contribution in [0.15, 0.2) is 5.38 Å². The molecular formula is C14H20N2O5S. The van der Waals surface area contributed by atoms with Crippen LogP contribution in [0.1, 0.15) is 32.4 Å². The van der Waals surface area contributed by atoms with Gasteiger partial charge in [-0.2, -0.15) is 0 Å². The Bertz CT molecular complexity index is 527. The van der Waals surface area contributed by atoms with Crippen LogP contribution in [0.5, 0.6) is 0 Å². The molecule has 0 bridgehead atoms. The van der Waals surface area contributed by atoms with E-state index in [2.05, 4.69) is 15.0 Å². The Morgan fingerprint density at radius 3 is 2.68 bits per heavy atom. The summed E-state index contributed by atoms with van der Waals surface area (Å²) < 4.78 is 9.40. The normalized spacial score (nSPS) is 10.4. The number of carbonyl (C=O) groups is 3. The third-order valence-corrected chi connectivity index (χ3v) is 3.45. The van der Waals surface area contributed by atoms with Crippen molar-refractivity contribution < 1.29 is 23.9 Å². The van der Waals surface area contributed by atoms with E-state index in [0.29, 0.717) is 23.2 Å². The van der Waals surface area contributed by atoms with Crippen molar-refractivity contribution >= 4 is 34.3 Å². The molecule has 0 saturated carbocycles. The second kappa shape index (κ2) is 9.14. The van der Waals surface area contributed by atoms with Crippen molar-refractivity contribution in [1.29, 1.82) is 0 Å². The smallest absolute Gasteiger partial charge is 0.311 e. The summed E-state index contributed by atoms with van der Waals surface area (Å²) in [6, 6.07) is 0. The lowest BCUT2D eigenvalue weighted by atomic mass is 10.1. The second-order valence-corrected chi connectivity index (χ2v) is 5.90. The molecular weight excluding hydrogens is 308 g/mol. The number of amides is 1. The number of ether oxygens (including phenoxy) is 2. The number of hydrogen-bond donors (Lipinski definition) is 1. The quantitative estimate of drug-likeness (QED) is 0.731. The van der Waals surface area contributed by atoms with Gasteiger partial charge in [0.1, 0.15) is 0 Å². The van der Waals surface area contributed by atoms with Gasteiger partial charge in [-0.1, -0.05) is 13.8 Å². The number of aromatic nitrogens is 1. The van der Waals surface area contributed by atoms with Crippen molar-refractivity contribution in [3.8, 4) is 0 Å². The Hall–Kier alpha value is -1.96. The van der Waals surface area contributed by atoms with E-state index in [4.69, 9.17) is 4.74 Å². The van der Waals surface area contributed by atoms with Crippen molar-refractivity contribution in [3.63, 3.8) is 0 Å². The number of esters is 2. The highest BCUT2D eigenvalue weighted by Gasteiger charge is 2.12. The molecule has 0 radical (unpaired) electrons. The number of nitrogens with one attached hydrogen (secondary N) is 1. The standard InChI is InChI=1S/C14H20N2O5S/c1-9(2)4-5-12(18)21-7-11(17)16-14-15-10(8-22-14)6-13(19)20-3/h8-9H,4-7H2,1-3H3,(H,15,16,17). The number of rotatable bonds is 8. The molecule has 0 aromatic carbocycles. The molecule has 1 aromatic rings. The summed E-state index contributed by atoms with van der Waals surface area (Å²) in [7, 11) is 1.30. The number of hydrogen-bond acceptors (Lipinski definition) is 7. The van der Waals surface area contributed by atoms with Crippen LogP contribution >= 0.6 is 11.3 Å². The highest BCUT2D eigenvalue weighted by molar-refractivity contribution is 7.13. The van der Waals surface area contributed by atoms with Crippen LogP contribution in [-0.2, 0) is 30.3 Å². The number of methoxy groups -OCH3 is 1. The highest BCUT2D eigenvalue weighted by atomic mass is 32.1. The molecule has 0 unspecified atom stereocenters. The molecule has 0 aliphatic heterocycles. The molecule has 7 nitrogen and oxygen atoms in total. The highest BCUT2D eigenvalue weighted by Crippen LogP contribution is 2.16. The fraction of sp³-hybridized carbons (Fsp3) is 0.571. The molecule has 1 aromatic heterocycles. The lowest BCUT2D eigenvalue weighted by Gasteiger charge is -2.06. The topological polar surface area (TPSA) is 94.6 Å². The number of carbonyl (C=O) groups excluding carboxylic acids is 3. The summed E-state index contributed by atoms with van der Waals surface area (Å²) >= 11 is 1.19. The Labute approximate surface area is 133 Å². The van der Waals surface area contributed by atoms with Gasteiger partial charge >= 0.3 is 11.9 Å². The lowest BCUT2D eigenvalue weighted by molar-refractivity contribution is -0.147. The van der Waals surface area contributed by atoms with E-state index in [-0.39, 0.29) is 13.0 Å². The first-order chi connectivity index (χ1) is 10.4. The molecule has 122 valence electrons. The average Bonchev–Trinajstić information content (AvgIpc) is 2.89. The van der Waals surface area contributed by atoms with Gasteiger partial charge in [0.15, 0.2) is 11.7 Å². The predicted molar refractivity (Wildman–Crippen MR) is 81.5 cm³/mol. The summed E-state index contributed by atoms with van der Waals surface area (Å²) in [5.41, 5.74) is 0.515. The van der Waals surface area contributed by atoms with Crippen LogP contribution in [0.3, 0.4) is 0 Å². The maximum absolute atomic E-state index is 11.6. The van der Waals surface area contributed by atoms with Crippen LogP contribution in [0.2, 0.25) is 0 Å². The first kappa shape index (κ1) is 18.1. The maximum Gasteiger partial charge on any atom is 0.311 e. The van der Waals surface area contributed by atoms with Crippen LogP contribution in [0.4, 0.5) is 5.13 Å². The molecule has 1 amide bonds. The van der Waals surface area contributed by atoms with E-state index in [1.165, 1.54) is 18.4 Å². The minimum Gasteiger partial charge on any atom is -0.469 e. The Kier molecular flexibility index (Phi) is 7.51. The van der Waals surface area contributed by atoms with E-state index in [1.807, 2.05) is 13.8 Å². The fourth-order valence-corrected chi connectivity index (χ4v) is 2.17. The average molecular weight is 328 g/mol. The van der Waals surface area contributed by atoms with E-state index in [0.717, 1.165) is 6.42 Å². The summed E-state index contributed by atoms with van der Waals surface area (Å²) in [5.74, 6) is -0.849. The zero-order valence-electron chi connectivity index (χ0n) is 12.9. The van der Waals surface area contributed by atoms with Gasteiger partial charge in [-0.3, -0.25) is 19.7 Å². The second-order valence-electron chi connectivity index (χ2n) is 5.04. The third-order valence-electron chi connectivity index (χ3n) is 2.64. The lowest BCUT2D eigenvalue weighted by Crippen LogP contribution is -2.21. The first-order valence-corrected chi connectivity index (χ1v) is 7.75. The van der Waals surface area contributed by atoms with Crippen LogP contribution < -0.4 is 5.32 Å². The molecule has 1 heterocycles. The van der Waals surface area contributed by atoms with E-state index >= 15 is 0 Å². The van der Waals surface area contributed by atoms with Crippen molar-refractivity contribution in [2.75, 3.05) is 19.0 Å². The van der Waals surface area contributed by atoms with Crippen molar-refractivity contribution in [2.45, 2.75) is 33.1 Å². The van der Waals surface area contributed by atoms with Crippen LogP contribution in [-0.4, -0.2) is 36.5 Å². The van der Waals surface area contributed by atoms with Gasteiger partial charge in [-0.15, -0.1) is 11.3 Å². The molecule has 0 fully saturated rings. The zero-order valence-corrected chi connectivity index (χ0v) is 13.7. The molecule has 1 rings (SSSR count). The summed E-state index contributed by atoms with van der Waals surface area (Å²) in [4.78, 5) is 38.2. The Morgan fingerprint density at radius 1 is 1.32 bits per heavy atom. The fourth-order valence-electron chi connectivity index (χ4n) is 1.45. The summed E-state index contributed by atoms with van der Waals surface area (Å²) in [6.07, 6.45) is 1.07. The third kappa shape index (κ3) is 7.16. The monoisotopic (exact) mass is 328 g/mol. The first-order valence-electron chi connectivity index (χ1n) is 6.87. The molecule has 0 aliphatic rings. The number of anilines is 1. The van der Waals surface area contributed by atoms with Gasteiger partial charge in [0.25, 0.3) is 5.91 Å². The van der Waals surface area contributed by atoms with E-state index in [9.17, 15) is 14.4 Å². The molecule has 0 atom stereocenters. The van der Waals surface area contributed by atoms with Gasteiger partial charge in [-0.05, 0) is 12.3 Å². The van der Waals surface area contributed by atoms with E-state index < -0.39 is 17.8 Å². The maximum atomic E-state index is 11.6. The molecule has 22 heavy (non-hydrogen) atoms. The molecule has 8 heteroatoms. The summed E-state index contributed by atoms with van der Waals surface area (Å²) in [5, 5.41) is 4.52. The molecule has 0 spiro atoms. The SMILES string of the molecule is COC(=O)Cc1csc(NC(=O)COC(=O)CCC(C)C)n1. The van der Waals surface area contributed by atoms with Gasteiger partial charge < -0.3 is 9.47 Å². The largest absolute Gasteiger partial charge is 0.469 e. The van der Waals surface area contributed by atoms with Crippen molar-refractivity contribution in [1.82, 2.24) is 4.98 Å². The van der Waals surface area contributed by atoms with E-state index in [1.54, 1.807) is 5.38 Å². The predicted octanol–water partition coefficient (Wildman–Crippen LogP) is 1.78.